The van der Waals surface area contributed by atoms with Gasteiger partial charge in [0.2, 0.25) is 0 Å². The van der Waals surface area contributed by atoms with E-state index in [0.717, 1.165) is 20.9 Å². The van der Waals surface area contributed by atoms with Crippen LogP contribution < -0.4 is 4.74 Å². The van der Waals surface area contributed by atoms with E-state index < -0.39 is 23.5 Å². The number of likely N-dealkylation sites (tertiary alicyclic amines) is 1. The first kappa shape index (κ1) is 23.8. The molecule has 1 aliphatic rings. The molecule has 0 radical (unpaired) electrons. The Hall–Kier alpha value is -3.91. The summed E-state index contributed by atoms with van der Waals surface area (Å²) in [4.78, 5) is 31.0. The van der Waals surface area contributed by atoms with Gasteiger partial charge in [-0.25, -0.2) is 4.39 Å². The molecule has 3 aromatic carbocycles. The Morgan fingerprint density at radius 1 is 1.11 bits per heavy atom. The van der Waals surface area contributed by atoms with Crippen LogP contribution in [0.2, 0.25) is 0 Å². The maximum atomic E-state index is 14.2. The molecule has 0 saturated carbocycles. The lowest BCUT2D eigenvalue weighted by Crippen LogP contribution is -2.31. The SMILES string of the molecule is COc1ccc2[nH]cc(CCN3C(=O)C(=O)/C(=C(\O)c4ccc(Br)cc4)C3c3cccc(F)c3)c2c1. The van der Waals surface area contributed by atoms with Crippen LogP contribution in [-0.4, -0.2) is 40.3 Å². The molecule has 2 N–H and O–H groups in total. The lowest BCUT2D eigenvalue weighted by atomic mass is 9.95. The van der Waals surface area contributed by atoms with Gasteiger partial charge in [-0.3, -0.25) is 9.59 Å². The van der Waals surface area contributed by atoms with Gasteiger partial charge >= 0.3 is 0 Å². The van der Waals surface area contributed by atoms with Crippen LogP contribution in [0.25, 0.3) is 16.7 Å². The number of halogens is 2. The van der Waals surface area contributed by atoms with Crippen LogP contribution in [-0.2, 0) is 16.0 Å². The van der Waals surface area contributed by atoms with E-state index in [-0.39, 0.29) is 17.9 Å². The molecule has 1 saturated heterocycles. The van der Waals surface area contributed by atoms with Crippen molar-refractivity contribution in [2.45, 2.75) is 12.5 Å². The predicted octanol–water partition coefficient (Wildman–Crippen LogP) is 5.74. The molecule has 1 unspecified atom stereocenters. The zero-order chi connectivity index (χ0) is 25.4. The first-order valence-corrected chi connectivity index (χ1v) is 12.1. The van der Waals surface area contributed by atoms with Crippen LogP contribution in [0.5, 0.6) is 5.75 Å². The van der Waals surface area contributed by atoms with Gasteiger partial charge < -0.3 is 19.7 Å². The molecule has 6 nitrogen and oxygen atoms in total. The Labute approximate surface area is 215 Å². The highest BCUT2D eigenvalue weighted by molar-refractivity contribution is 9.10. The summed E-state index contributed by atoms with van der Waals surface area (Å²) in [5, 5.41) is 12.1. The van der Waals surface area contributed by atoms with E-state index in [9.17, 15) is 19.1 Å². The topological polar surface area (TPSA) is 82.6 Å². The normalized spacial score (nSPS) is 17.2. The maximum Gasteiger partial charge on any atom is 0.295 e. The van der Waals surface area contributed by atoms with Gasteiger partial charge in [0.15, 0.2) is 0 Å². The Balaban J connectivity index is 1.56. The lowest BCUT2D eigenvalue weighted by Gasteiger charge is -2.25. The average Bonchev–Trinajstić information content (AvgIpc) is 3.40. The molecule has 5 rings (SSSR count). The summed E-state index contributed by atoms with van der Waals surface area (Å²) in [6, 6.07) is 17.3. The van der Waals surface area contributed by atoms with Crippen molar-refractivity contribution < 1.29 is 23.8 Å². The number of aromatic amines is 1. The van der Waals surface area contributed by atoms with Gasteiger partial charge in [-0.1, -0.05) is 40.2 Å². The van der Waals surface area contributed by atoms with Crippen LogP contribution in [0.15, 0.2) is 83.0 Å². The third kappa shape index (κ3) is 4.28. The summed E-state index contributed by atoms with van der Waals surface area (Å²) in [5.41, 5.74) is 2.60. The first-order valence-electron chi connectivity index (χ1n) is 11.3. The fourth-order valence-corrected chi connectivity index (χ4v) is 4.89. The Morgan fingerprint density at radius 3 is 2.61 bits per heavy atom. The summed E-state index contributed by atoms with van der Waals surface area (Å²) < 4.78 is 20.3. The molecule has 1 fully saturated rings. The van der Waals surface area contributed by atoms with Crippen molar-refractivity contribution in [3.05, 3.63) is 105 Å². The number of ether oxygens (including phenoxy) is 1. The van der Waals surface area contributed by atoms with Gasteiger partial charge in [0, 0.05) is 33.7 Å². The van der Waals surface area contributed by atoms with Crippen LogP contribution in [0.1, 0.15) is 22.7 Å². The Bertz CT molecular complexity index is 1510. The molecular weight excluding hydrogens is 527 g/mol. The fraction of sp³-hybridized carbons (Fsp3) is 0.143. The average molecular weight is 549 g/mol. The summed E-state index contributed by atoms with van der Waals surface area (Å²) in [5.74, 6) is -1.62. The number of carbonyl (C=O) groups is 2. The number of aromatic nitrogens is 1. The second-order valence-electron chi connectivity index (χ2n) is 8.53. The molecular formula is C28H22BrFN2O4. The minimum Gasteiger partial charge on any atom is -0.507 e. The van der Waals surface area contributed by atoms with E-state index in [1.807, 2.05) is 24.4 Å². The maximum absolute atomic E-state index is 14.2. The third-order valence-electron chi connectivity index (χ3n) is 6.42. The number of rotatable bonds is 6. The standard InChI is InChI=1S/C28H22BrFN2O4/c1-36-21-9-10-23-22(14-21)18(15-31-23)11-12-32-25(17-3-2-4-20(30)13-17)24(27(34)28(32)35)26(33)16-5-7-19(29)8-6-16/h2-10,13-15,25,31,33H,11-12H2,1H3/b26-24-. The quantitative estimate of drug-likeness (QED) is 0.183. The van der Waals surface area contributed by atoms with E-state index in [2.05, 4.69) is 20.9 Å². The highest BCUT2D eigenvalue weighted by Crippen LogP contribution is 2.40. The molecule has 0 spiro atoms. The third-order valence-corrected chi connectivity index (χ3v) is 6.95. The van der Waals surface area contributed by atoms with Gasteiger partial charge in [0.25, 0.3) is 11.7 Å². The number of aliphatic hydroxyl groups is 1. The van der Waals surface area contributed by atoms with Crippen molar-refractivity contribution in [2.75, 3.05) is 13.7 Å². The number of aliphatic hydroxyl groups excluding tert-OH is 1. The van der Waals surface area contributed by atoms with Gasteiger partial charge in [0.1, 0.15) is 17.3 Å². The molecule has 0 bridgehead atoms. The molecule has 1 amide bonds. The number of hydrogen-bond donors (Lipinski definition) is 2. The van der Waals surface area contributed by atoms with E-state index in [1.165, 1.54) is 23.1 Å². The van der Waals surface area contributed by atoms with Crippen molar-refractivity contribution in [1.29, 1.82) is 0 Å². The van der Waals surface area contributed by atoms with Crippen LogP contribution >= 0.6 is 15.9 Å². The number of H-pyrrole nitrogens is 1. The molecule has 0 aliphatic carbocycles. The number of nitrogens with one attached hydrogen (secondary N) is 1. The minimum absolute atomic E-state index is 0.0616. The minimum atomic E-state index is -0.927. The second kappa shape index (κ2) is 9.62. The smallest absolute Gasteiger partial charge is 0.295 e. The number of ketones is 1. The zero-order valence-corrected chi connectivity index (χ0v) is 20.9. The van der Waals surface area contributed by atoms with E-state index in [0.29, 0.717) is 23.3 Å². The van der Waals surface area contributed by atoms with Crippen LogP contribution in [0, 0.1) is 5.82 Å². The number of carbonyl (C=O) groups excluding carboxylic acids is 2. The number of hydrogen-bond acceptors (Lipinski definition) is 4. The monoisotopic (exact) mass is 548 g/mol. The second-order valence-corrected chi connectivity index (χ2v) is 9.45. The molecule has 1 aliphatic heterocycles. The van der Waals surface area contributed by atoms with Gasteiger partial charge in [0.05, 0.1) is 18.7 Å². The van der Waals surface area contributed by atoms with Gasteiger partial charge in [-0.15, -0.1) is 0 Å². The molecule has 4 aromatic rings. The van der Waals surface area contributed by atoms with Crippen molar-refractivity contribution in [2.24, 2.45) is 0 Å². The molecule has 1 atom stereocenters. The number of benzene rings is 3. The van der Waals surface area contributed by atoms with Crippen LogP contribution in [0.4, 0.5) is 4.39 Å². The van der Waals surface area contributed by atoms with Crippen LogP contribution in [0.3, 0.4) is 0 Å². The number of amides is 1. The van der Waals surface area contributed by atoms with Crippen molar-refractivity contribution >= 4 is 44.3 Å². The van der Waals surface area contributed by atoms with Gasteiger partial charge in [-0.2, -0.15) is 0 Å². The number of Topliss-reactive ketones (excluding diaryl/α,β-unsaturated/α-hetero) is 1. The number of methoxy groups -OCH3 is 1. The van der Waals surface area contributed by atoms with E-state index >= 15 is 0 Å². The van der Waals surface area contributed by atoms with Crippen molar-refractivity contribution in [3.8, 4) is 5.75 Å². The Morgan fingerprint density at radius 2 is 1.89 bits per heavy atom. The molecule has 182 valence electrons. The lowest BCUT2D eigenvalue weighted by molar-refractivity contribution is -0.139. The zero-order valence-electron chi connectivity index (χ0n) is 19.3. The van der Waals surface area contributed by atoms with E-state index in [4.69, 9.17) is 4.74 Å². The number of fused-ring (bicyclic) bond motifs is 1. The van der Waals surface area contributed by atoms with Gasteiger partial charge in [-0.05, 0) is 60.0 Å². The molecule has 1 aromatic heterocycles. The van der Waals surface area contributed by atoms with E-state index in [1.54, 1.807) is 37.4 Å². The molecule has 8 heteroatoms. The summed E-state index contributed by atoms with van der Waals surface area (Å²) in [6.07, 6.45) is 2.30. The fourth-order valence-electron chi connectivity index (χ4n) is 4.63. The number of nitrogens with zero attached hydrogens (tertiary/aromatic N) is 1. The largest absolute Gasteiger partial charge is 0.507 e. The van der Waals surface area contributed by atoms with Crippen molar-refractivity contribution in [1.82, 2.24) is 9.88 Å². The summed E-state index contributed by atoms with van der Waals surface area (Å²) in [7, 11) is 1.59. The molecule has 2 heterocycles. The highest BCUT2D eigenvalue weighted by Gasteiger charge is 2.46. The highest BCUT2D eigenvalue weighted by atomic mass is 79.9. The first-order chi connectivity index (χ1) is 17.4. The molecule has 36 heavy (non-hydrogen) atoms. The predicted molar refractivity (Wildman–Crippen MR) is 138 cm³/mol. The summed E-state index contributed by atoms with van der Waals surface area (Å²) >= 11 is 3.35. The Kier molecular flexibility index (Phi) is 6.36. The van der Waals surface area contributed by atoms with Crippen molar-refractivity contribution in [3.63, 3.8) is 0 Å². The summed E-state index contributed by atoms with van der Waals surface area (Å²) in [6.45, 7) is 0.188.